The summed E-state index contributed by atoms with van der Waals surface area (Å²) in [6.45, 7) is 2.74. The minimum absolute atomic E-state index is 0.194. The quantitative estimate of drug-likeness (QED) is 0.608. The molecular weight excluding hydrogens is 362 g/mol. The van der Waals surface area contributed by atoms with Crippen molar-refractivity contribution in [1.29, 1.82) is 0 Å². The Bertz CT molecular complexity index is 943. The van der Waals surface area contributed by atoms with Crippen molar-refractivity contribution in [1.82, 2.24) is 14.8 Å². The summed E-state index contributed by atoms with van der Waals surface area (Å²) >= 11 is 1.39. The lowest BCUT2D eigenvalue weighted by Gasteiger charge is -2.12. The number of nitrogens with zero attached hydrogens (tertiary/aromatic N) is 3. The van der Waals surface area contributed by atoms with E-state index in [2.05, 4.69) is 10.2 Å². The summed E-state index contributed by atoms with van der Waals surface area (Å²) < 4.78 is 13.0. The Morgan fingerprint density at radius 3 is 2.67 bits per heavy atom. The highest BCUT2D eigenvalue weighted by Crippen LogP contribution is 2.31. The van der Waals surface area contributed by atoms with E-state index in [1.165, 1.54) is 11.8 Å². The Kier molecular flexibility index (Phi) is 5.11. The number of esters is 1. The molecule has 0 spiro atoms. The van der Waals surface area contributed by atoms with Crippen molar-refractivity contribution in [2.75, 3.05) is 6.61 Å². The van der Waals surface area contributed by atoms with Gasteiger partial charge in [0.2, 0.25) is 0 Å². The van der Waals surface area contributed by atoms with Gasteiger partial charge in [0.05, 0.1) is 6.61 Å². The zero-order chi connectivity index (χ0) is 18.6. The molecule has 0 aliphatic carbocycles. The highest BCUT2D eigenvalue weighted by atomic mass is 32.2. The van der Waals surface area contributed by atoms with Gasteiger partial charge in [-0.25, -0.2) is 0 Å². The van der Waals surface area contributed by atoms with Crippen molar-refractivity contribution >= 4 is 17.7 Å². The molecule has 1 aliphatic rings. The average Bonchev–Trinajstić information content (AvgIpc) is 3.28. The second-order valence-electron chi connectivity index (χ2n) is 6.19. The Labute approximate surface area is 161 Å². The van der Waals surface area contributed by atoms with E-state index in [0.717, 1.165) is 17.0 Å². The molecule has 6 nitrogen and oxygen atoms in total. The molecule has 1 atom stereocenters. The number of aromatic nitrogens is 3. The number of aryl methyl sites for hydroxylation is 1. The van der Waals surface area contributed by atoms with Crippen LogP contribution in [-0.4, -0.2) is 32.6 Å². The maximum Gasteiger partial charge on any atom is 0.319 e. The van der Waals surface area contributed by atoms with Crippen molar-refractivity contribution in [2.45, 2.75) is 30.4 Å². The molecule has 4 rings (SSSR count). The molecule has 1 saturated heterocycles. The van der Waals surface area contributed by atoms with Gasteiger partial charge in [-0.1, -0.05) is 48.2 Å². The van der Waals surface area contributed by atoms with Crippen LogP contribution in [0.4, 0.5) is 0 Å². The van der Waals surface area contributed by atoms with Crippen LogP contribution in [0.25, 0.3) is 5.69 Å². The van der Waals surface area contributed by atoms with Gasteiger partial charge in [-0.05, 0) is 30.7 Å². The molecule has 0 radical (unpaired) electrons. The number of carbonyl (C=O) groups is 1. The van der Waals surface area contributed by atoms with Gasteiger partial charge in [-0.3, -0.25) is 9.36 Å². The number of ether oxygens (including phenoxy) is 2. The maximum atomic E-state index is 11.9. The normalized spacial score (nSPS) is 16.3. The van der Waals surface area contributed by atoms with Crippen LogP contribution < -0.4 is 4.74 Å². The average molecular weight is 381 g/mol. The topological polar surface area (TPSA) is 66.2 Å². The highest BCUT2D eigenvalue weighted by Gasteiger charge is 2.30. The van der Waals surface area contributed by atoms with E-state index in [1.54, 1.807) is 0 Å². The molecule has 1 aromatic heterocycles. The van der Waals surface area contributed by atoms with Crippen molar-refractivity contribution in [3.63, 3.8) is 0 Å². The lowest BCUT2D eigenvalue weighted by atomic mass is 10.2. The number of hydrogen-bond acceptors (Lipinski definition) is 6. The van der Waals surface area contributed by atoms with Crippen LogP contribution in [0.5, 0.6) is 5.75 Å². The maximum absolute atomic E-state index is 11.9. The summed E-state index contributed by atoms with van der Waals surface area (Å²) in [5, 5.41) is 9.04. The minimum Gasteiger partial charge on any atom is -0.485 e. The van der Waals surface area contributed by atoms with Gasteiger partial charge in [0.15, 0.2) is 11.0 Å². The summed E-state index contributed by atoms with van der Waals surface area (Å²) in [5.41, 5.74) is 1.99. The molecule has 0 amide bonds. The van der Waals surface area contributed by atoms with E-state index in [9.17, 15) is 4.79 Å². The third-order valence-electron chi connectivity index (χ3n) is 4.30. The fourth-order valence-electron chi connectivity index (χ4n) is 2.88. The van der Waals surface area contributed by atoms with Crippen molar-refractivity contribution < 1.29 is 14.3 Å². The second-order valence-corrected chi connectivity index (χ2v) is 7.36. The molecular formula is C20H19N3O3S. The molecule has 138 valence electrons. The monoisotopic (exact) mass is 381 g/mol. The van der Waals surface area contributed by atoms with Crippen molar-refractivity contribution in [2.24, 2.45) is 0 Å². The van der Waals surface area contributed by atoms with Crippen LogP contribution in [0.15, 0.2) is 59.8 Å². The molecule has 3 aromatic rings. The predicted molar refractivity (Wildman–Crippen MR) is 102 cm³/mol. The van der Waals surface area contributed by atoms with Gasteiger partial charge < -0.3 is 9.47 Å². The Balaban J connectivity index is 1.63. The summed E-state index contributed by atoms with van der Waals surface area (Å²) in [4.78, 5) is 11.9. The third kappa shape index (κ3) is 3.83. The molecule has 1 fully saturated rings. The number of benzene rings is 2. The molecule has 2 heterocycles. The molecule has 0 bridgehead atoms. The molecule has 0 unspecified atom stereocenters. The van der Waals surface area contributed by atoms with E-state index in [-0.39, 0.29) is 17.8 Å². The number of cyclic esters (lactones) is 1. The fourth-order valence-corrected chi connectivity index (χ4v) is 3.92. The van der Waals surface area contributed by atoms with Gasteiger partial charge in [0.25, 0.3) is 0 Å². The Morgan fingerprint density at radius 1 is 1.15 bits per heavy atom. The standard InChI is InChI=1S/C20H19N3O3S/c1-14-7-5-6-10-16(14)26-13-18-21-22-20(27-17-11-12-25-19(17)24)23(18)15-8-3-2-4-9-15/h2-10,17H,11-13H2,1H3/t17-/m0/s1. The van der Waals surface area contributed by atoms with Crippen LogP contribution in [0.1, 0.15) is 17.8 Å². The smallest absolute Gasteiger partial charge is 0.319 e. The van der Waals surface area contributed by atoms with E-state index in [4.69, 9.17) is 9.47 Å². The van der Waals surface area contributed by atoms with Crippen molar-refractivity contribution in [3.05, 3.63) is 66.0 Å². The summed E-state index contributed by atoms with van der Waals surface area (Å²) in [6.07, 6.45) is 0.681. The molecule has 0 N–H and O–H groups in total. The fraction of sp³-hybridized carbons (Fsp3) is 0.250. The Hall–Kier alpha value is -2.80. The lowest BCUT2D eigenvalue weighted by molar-refractivity contribution is -0.137. The first-order valence-electron chi connectivity index (χ1n) is 8.74. The van der Waals surface area contributed by atoms with Crippen LogP contribution in [0.3, 0.4) is 0 Å². The zero-order valence-corrected chi connectivity index (χ0v) is 15.7. The zero-order valence-electron chi connectivity index (χ0n) is 14.9. The molecule has 1 aliphatic heterocycles. The van der Waals surface area contributed by atoms with Crippen LogP contribution in [0, 0.1) is 6.92 Å². The minimum atomic E-state index is -0.248. The van der Waals surface area contributed by atoms with E-state index in [1.807, 2.05) is 66.1 Å². The number of carbonyl (C=O) groups excluding carboxylic acids is 1. The SMILES string of the molecule is Cc1ccccc1OCc1nnc(S[C@H]2CCOC2=O)n1-c1ccccc1. The number of rotatable bonds is 6. The van der Waals surface area contributed by atoms with Gasteiger partial charge in [-0.15, -0.1) is 10.2 Å². The number of thioether (sulfide) groups is 1. The van der Waals surface area contributed by atoms with Gasteiger partial charge >= 0.3 is 5.97 Å². The van der Waals surface area contributed by atoms with Gasteiger partial charge in [0, 0.05) is 12.1 Å². The van der Waals surface area contributed by atoms with Crippen LogP contribution >= 0.6 is 11.8 Å². The number of para-hydroxylation sites is 2. The van der Waals surface area contributed by atoms with Gasteiger partial charge in [-0.2, -0.15) is 0 Å². The number of hydrogen-bond donors (Lipinski definition) is 0. The largest absolute Gasteiger partial charge is 0.485 e. The van der Waals surface area contributed by atoms with Gasteiger partial charge in [0.1, 0.15) is 17.6 Å². The summed E-state index contributed by atoms with van der Waals surface area (Å²) in [7, 11) is 0. The Morgan fingerprint density at radius 2 is 1.93 bits per heavy atom. The third-order valence-corrected chi connectivity index (χ3v) is 5.49. The first kappa shape index (κ1) is 17.6. The highest BCUT2D eigenvalue weighted by molar-refractivity contribution is 8.00. The predicted octanol–water partition coefficient (Wildman–Crippen LogP) is 3.56. The first-order chi connectivity index (χ1) is 13.2. The van der Waals surface area contributed by atoms with Crippen molar-refractivity contribution in [3.8, 4) is 11.4 Å². The molecule has 7 heteroatoms. The van der Waals surface area contributed by atoms with E-state index >= 15 is 0 Å². The summed E-state index contributed by atoms with van der Waals surface area (Å²) in [5.74, 6) is 1.30. The second kappa shape index (κ2) is 7.84. The molecule has 2 aromatic carbocycles. The molecule has 0 saturated carbocycles. The van der Waals surface area contributed by atoms with E-state index < -0.39 is 0 Å². The van der Waals surface area contributed by atoms with E-state index in [0.29, 0.717) is 24.0 Å². The molecule has 27 heavy (non-hydrogen) atoms. The first-order valence-corrected chi connectivity index (χ1v) is 9.62. The van der Waals surface area contributed by atoms with Crippen LogP contribution in [0.2, 0.25) is 0 Å². The van der Waals surface area contributed by atoms with Crippen LogP contribution in [-0.2, 0) is 16.1 Å². The summed E-state index contributed by atoms with van der Waals surface area (Å²) in [6, 6.07) is 17.7. The lowest BCUT2D eigenvalue weighted by Crippen LogP contribution is -2.12.